The predicted molar refractivity (Wildman–Crippen MR) is 102 cm³/mol. The van der Waals surface area contributed by atoms with E-state index < -0.39 is 6.04 Å². The third kappa shape index (κ3) is 3.46. The van der Waals surface area contributed by atoms with E-state index in [0.29, 0.717) is 17.0 Å². The standard InChI is InChI=1S/C21H17FN4O2/c1-12-11-17(16-5-3-4-6-18(16)23-12)20(27)24-13(2)21-25-19(26-28-21)14-7-9-15(22)10-8-14/h3-11,13H,1-2H3,(H,24,27). The van der Waals surface area contributed by atoms with Gasteiger partial charge >= 0.3 is 0 Å². The van der Waals surface area contributed by atoms with Crippen molar-refractivity contribution < 1.29 is 13.7 Å². The second-order valence-electron chi connectivity index (χ2n) is 6.49. The Morgan fingerprint density at radius 3 is 2.64 bits per heavy atom. The van der Waals surface area contributed by atoms with E-state index in [4.69, 9.17) is 4.52 Å². The van der Waals surface area contributed by atoms with E-state index in [-0.39, 0.29) is 17.6 Å². The Morgan fingerprint density at radius 1 is 1.11 bits per heavy atom. The highest BCUT2D eigenvalue weighted by molar-refractivity contribution is 6.06. The van der Waals surface area contributed by atoms with Crippen molar-refractivity contribution >= 4 is 16.8 Å². The third-order valence-electron chi connectivity index (χ3n) is 4.35. The number of pyridine rings is 1. The molecule has 0 spiro atoms. The summed E-state index contributed by atoms with van der Waals surface area (Å²) in [5.74, 6) is 0.00719. The van der Waals surface area contributed by atoms with E-state index >= 15 is 0 Å². The first-order chi connectivity index (χ1) is 13.5. The molecule has 0 aliphatic heterocycles. The summed E-state index contributed by atoms with van der Waals surface area (Å²) in [6.45, 7) is 3.61. The number of para-hydroxylation sites is 1. The van der Waals surface area contributed by atoms with Gasteiger partial charge in [0.15, 0.2) is 0 Å². The molecule has 0 fully saturated rings. The fourth-order valence-corrected chi connectivity index (χ4v) is 2.96. The van der Waals surface area contributed by atoms with E-state index in [1.54, 1.807) is 25.1 Å². The second-order valence-corrected chi connectivity index (χ2v) is 6.49. The Kier molecular flexibility index (Phi) is 4.57. The lowest BCUT2D eigenvalue weighted by Gasteiger charge is -2.12. The molecule has 1 N–H and O–H groups in total. The number of hydrogen-bond donors (Lipinski definition) is 1. The zero-order valence-electron chi connectivity index (χ0n) is 15.3. The highest BCUT2D eigenvalue weighted by Gasteiger charge is 2.20. The molecule has 0 bridgehead atoms. The maximum Gasteiger partial charge on any atom is 0.252 e. The number of fused-ring (bicyclic) bond motifs is 1. The van der Waals surface area contributed by atoms with E-state index in [0.717, 1.165) is 16.6 Å². The highest BCUT2D eigenvalue weighted by atomic mass is 19.1. The van der Waals surface area contributed by atoms with E-state index in [1.807, 2.05) is 31.2 Å². The molecular weight excluding hydrogens is 359 g/mol. The first-order valence-electron chi connectivity index (χ1n) is 8.78. The fourth-order valence-electron chi connectivity index (χ4n) is 2.96. The van der Waals surface area contributed by atoms with Crippen LogP contribution in [-0.4, -0.2) is 21.0 Å². The smallest absolute Gasteiger partial charge is 0.252 e. The highest BCUT2D eigenvalue weighted by Crippen LogP contribution is 2.21. The molecule has 2 heterocycles. The van der Waals surface area contributed by atoms with Gasteiger partial charge in [-0.25, -0.2) is 4.39 Å². The van der Waals surface area contributed by atoms with Gasteiger partial charge in [-0.05, 0) is 50.2 Å². The molecule has 7 heteroatoms. The van der Waals surface area contributed by atoms with Crippen LogP contribution < -0.4 is 5.32 Å². The van der Waals surface area contributed by atoms with Gasteiger partial charge in [-0.2, -0.15) is 4.98 Å². The molecule has 0 saturated carbocycles. The van der Waals surface area contributed by atoms with Crippen LogP contribution in [0.25, 0.3) is 22.3 Å². The van der Waals surface area contributed by atoms with Crippen molar-refractivity contribution in [2.45, 2.75) is 19.9 Å². The van der Waals surface area contributed by atoms with Gasteiger partial charge in [-0.15, -0.1) is 0 Å². The zero-order valence-corrected chi connectivity index (χ0v) is 15.3. The number of benzene rings is 2. The minimum atomic E-state index is -0.499. The Balaban J connectivity index is 1.57. The van der Waals surface area contributed by atoms with Gasteiger partial charge < -0.3 is 9.84 Å². The quantitative estimate of drug-likeness (QED) is 0.577. The van der Waals surface area contributed by atoms with Gasteiger partial charge in [-0.1, -0.05) is 23.4 Å². The molecular formula is C21H17FN4O2. The summed E-state index contributed by atoms with van der Waals surface area (Å²) in [7, 11) is 0. The number of aryl methyl sites for hydroxylation is 1. The number of amides is 1. The maximum absolute atomic E-state index is 13.1. The average molecular weight is 376 g/mol. The molecule has 1 unspecified atom stereocenters. The molecule has 2 aromatic heterocycles. The fraction of sp³-hybridized carbons (Fsp3) is 0.143. The van der Waals surface area contributed by atoms with E-state index in [1.165, 1.54) is 12.1 Å². The van der Waals surface area contributed by atoms with Crippen molar-refractivity contribution in [3.05, 3.63) is 77.6 Å². The number of halogens is 1. The molecule has 0 radical (unpaired) electrons. The lowest BCUT2D eigenvalue weighted by atomic mass is 10.1. The normalized spacial score (nSPS) is 12.1. The monoisotopic (exact) mass is 376 g/mol. The number of nitrogens with one attached hydrogen (secondary N) is 1. The third-order valence-corrected chi connectivity index (χ3v) is 4.35. The van der Waals surface area contributed by atoms with Crippen LogP contribution in [0, 0.1) is 12.7 Å². The largest absolute Gasteiger partial charge is 0.340 e. The molecule has 2 aromatic carbocycles. The van der Waals surface area contributed by atoms with Gasteiger partial charge in [0, 0.05) is 16.6 Å². The Morgan fingerprint density at radius 2 is 1.86 bits per heavy atom. The molecule has 0 aliphatic rings. The zero-order chi connectivity index (χ0) is 19.7. The SMILES string of the molecule is Cc1cc(C(=O)NC(C)c2nc(-c3ccc(F)cc3)no2)c2ccccc2n1. The number of carbonyl (C=O) groups is 1. The number of aromatic nitrogens is 3. The Labute approximate surface area is 160 Å². The lowest BCUT2D eigenvalue weighted by Crippen LogP contribution is -2.27. The maximum atomic E-state index is 13.1. The molecule has 4 rings (SSSR count). The van der Waals surface area contributed by atoms with Crippen LogP contribution in [0.15, 0.2) is 59.1 Å². The number of carbonyl (C=O) groups excluding carboxylic acids is 1. The summed E-state index contributed by atoms with van der Waals surface area (Å²) in [4.78, 5) is 21.6. The number of rotatable bonds is 4. The van der Waals surface area contributed by atoms with Crippen LogP contribution in [0.1, 0.15) is 34.9 Å². The average Bonchev–Trinajstić information content (AvgIpc) is 3.18. The summed E-state index contributed by atoms with van der Waals surface area (Å²) in [5, 5.41) is 7.57. The number of hydrogen-bond acceptors (Lipinski definition) is 5. The van der Waals surface area contributed by atoms with Gasteiger partial charge in [0.1, 0.15) is 11.9 Å². The summed E-state index contributed by atoms with van der Waals surface area (Å²) in [5.41, 5.74) is 2.68. The van der Waals surface area contributed by atoms with Crippen molar-refractivity contribution in [1.82, 2.24) is 20.4 Å². The summed E-state index contributed by atoms with van der Waals surface area (Å²) in [6, 6.07) is 14.5. The first-order valence-corrected chi connectivity index (χ1v) is 8.78. The molecule has 0 saturated heterocycles. The van der Waals surface area contributed by atoms with Gasteiger partial charge in [0.2, 0.25) is 11.7 Å². The summed E-state index contributed by atoms with van der Waals surface area (Å²) in [6.07, 6.45) is 0. The van der Waals surface area contributed by atoms with E-state index in [9.17, 15) is 9.18 Å². The van der Waals surface area contributed by atoms with Crippen molar-refractivity contribution in [2.75, 3.05) is 0 Å². The molecule has 6 nitrogen and oxygen atoms in total. The van der Waals surface area contributed by atoms with E-state index in [2.05, 4.69) is 20.4 Å². The Hall–Kier alpha value is -3.61. The van der Waals surface area contributed by atoms with Crippen molar-refractivity contribution in [3.8, 4) is 11.4 Å². The summed E-state index contributed by atoms with van der Waals surface area (Å²) < 4.78 is 18.3. The second kappa shape index (κ2) is 7.19. The molecule has 1 amide bonds. The van der Waals surface area contributed by atoms with Crippen molar-refractivity contribution in [3.63, 3.8) is 0 Å². The van der Waals surface area contributed by atoms with Crippen molar-refractivity contribution in [2.24, 2.45) is 0 Å². The predicted octanol–water partition coefficient (Wildman–Crippen LogP) is 4.22. The van der Waals surface area contributed by atoms with Gasteiger partial charge in [0.05, 0.1) is 11.1 Å². The van der Waals surface area contributed by atoms with Gasteiger partial charge in [-0.3, -0.25) is 9.78 Å². The van der Waals surface area contributed by atoms with Crippen molar-refractivity contribution in [1.29, 1.82) is 0 Å². The Bertz CT molecular complexity index is 1150. The molecule has 28 heavy (non-hydrogen) atoms. The lowest BCUT2D eigenvalue weighted by molar-refractivity contribution is 0.0934. The molecule has 1 atom stereocenters. The summed E-state index contributed by atoms with van der Waals surface area (Å²) >= 11 is 0. The first kappa shape index (κ1) is 17.8. The number of nitrogens with zero attached hydrogens (tertiary/aromatic N) is 3. The minimum Gasteiger partial charge on any atom is -0.340 e. The van der Waals surface area contributed by atoms with Gasteiger partial charge in [0.25, 0.3) is 5.91 Å². The van der Waals surface area contributed by atoms with Crippen LogP contribution in [0.2, 0.25) is 0 Å². The van der Waals surface area contributed by atoms with Crippen LogP contribution in [0.3, 0.4) is 0 Å². The minimum absolute atomic E-state index is 0.254. The van der Waals surface area contributed by atoms with Crippen LogP contribution in [0.5, 0.6) is 0 Å². The topological polar surface area (TPSA) is 80.9 Å². The molecule has 4 aromatic rings. The molecule has 0 aliphatic carbocycles. The van der Waals surface area contributed by atoms with Crippen LogP contribution in [-0.2, 0) is 0 Å². The molecule has 140 valence electrons. The van der Waals surface area contributed by atoms with Crippen LogP contribution >= 0.6 is 0 Å². The van der Waals surface area contributed by atoms with Crippen LogP contribution in [0.4, 0.5) is 4.39 Å².